The molecule has 0 fully saturated rings. The average Bonchev–Trinajstić information content (AvgIpc) is 2.30. The van der Waals surface area contributed by atoms with Gasteiger partial charge in [-0.3, -0.25) is 19.2 Å². The van der Waals surface area contributed by atoms with Crippen LogP contribution in [0.4, 0.5) is 0 Å². The zero-order chi connectivity index (χ0) is 20.3. The zero-order valence-electron chi connectivity index (χ0n) is 14.9. The number of carboxylic acids is 4. The van der Waals surface area contributed by atoms with Gasteiger partial charge in [0.1, 0.15) is 0 Å². The second kappa shape index (κ2) is 23.4. The Morgan fingerprint density at radius 3 is 0.840 bits per heavy atom. The van der Waals surface area contributed by atoms with E-state index < -0.39 is 23.9 Å². The lowest BCUT2D eigenvalue weighted by atomic mass is 10.0. The molecule has 0 unspecified atom stereocenters. The van der Waals surface area contributed by atoms with Crippen LogP contribution in [-0.2, 0) is 19.2 Å². The van der Waals surface area contributed by atoms with Gasteiger partial charge in [-0.2, -0.15) is 0 Å². The van der Waals surface area contributed by atoms with Gasteiger partial charge in [0.05, 0.1) is 0 Å². The lowest BCUT2D eigenvalue weighted by Crippen LogP contribution is -2.13. The van der Waals surface area contributed by atoms with Gasteiger partial charge in [0.15, 0.2) is 0 Å². The third-order valence-corrected chi connectivity index (χ3v) is 1.55. The van der Waals surface area contributed by atoms with E-state index in [1.165, 1.54) is 12.8 Å². The number of aliphatic carboxylic acids is 4. The third-order valence-electron chi connectivity index (χ3n) is 1.55. The van der Waals surface area contributed by atoms with E-state index in [2.05, 4.69) is 0 Å². The summed E-state index contributed by atoms with van der Waals surface area (Å²) in [6.07, 6.45) is 4.44. The number of hydrogen-bond donors (Lipinski definition) is 6. The molecule has 0 saturated carbocycles. The predicted octanol–water partition coefficient (Wildman–Crippen LogP) is 0.228. The van der Waals surface area contributed by atoms with Gasteiger partial charge in [-0.1, -0.05) is 0 Å². The average molecular weight is 370 g/mol. The quantitative estimate of drug-likeness (QED) is 0.339. The maximum absolute atomic E-state index is 9.00. The van der Waals surface area contributed by atoms with Crippen LogP contribution in [0.2, 0.25) is 0 Å². The van der Waals surface area contributed by atoms with E-state index in [1.54, 1.807) is 0 Å². The number of hydrogen-bond acceptors (Lipinski definition) is 6. The molecule has 11 nitrogen and oxygen atoms in total. The molecule has 10 N–H and O–H groups in total. The Kier molecular flexibility index (Phi) is 31.6. The highest BCUT2D eigenvalue weighted by Gasteiger charge is 2.04. The van der Waals surface area contributed by atoms with Crippen LogP contribution >= 0.6 is 0 Å². The molecule has 25 heavy (non-hydrogen) atoms. The van der Waals surface area contributed by atoms with Gasteiger partial charge >= 0.3 is 0 Å². The number of carboxylic acid groups (broad SMARTS) is 4. The van der Waals surface area contributed by atoms with Crippen molar-refractivity contribution in [3.05, 3.63) is 11.4 Å². The smallest absolute Gasteiger partial charge is 0.300 e. The summed E-state index contributed by atoms with van der Waals surface area (Å²) in [6.45, 7) is 4.33. The number of rotatable bonds is 0. The molecule has 0 atom stereocenters. The monoisotopic (exact) mass is 370 g/mol. The van der Waals surface area contributed by atoms with Crippen molar-refractivity contribution in [1.82, 2.24) is 0 Å². The SMILES string of the molecule is CC(=O)O.CC(=O)O.CC(=O)O.CC(=O)O.NC1=C(N)CCCC1.O. The van der Waals surface area contributed by atoms with Gasteiger partial charge in [-0.25, -0.2) is 0 Å². The first-order valence-corrected chi connectivity index (χ1v) is 6.75. The lowest BCUT2D eigenvalue weighted by molar-refractivity contribution is -0.135. The second-order valence-electron chi connectivity index (χ2n) is 4.33. The topological polar surface area (TPSA) is 233 Å². The van der Waals surface area contributed by atoms with Gasteiger partial charge < -0.3 is 37.4 Å². The summed E-state index contributed by atoms with van der Waals surface area (Å²) in [7, 11) is 0. The predicted molar refractivity (Wildman–Crippen MR) is 90.7 cm³/mol. The number of carbonyl (C=O) groups is 4. The van der Waals surface area contributed by atoms with Crippen LogP contribution in [0.3, 0.4) is 0 Å². The van der Waals surface area contributed by atoms with E-state index in [1.807, 2.05) is 0 Å². The van der Waals surface area contributed by atoms with Crippen LogP contribution in [0.25, 0.3) is 0 Å². The Labute approximate surface area is 146 Å². The minimum Gasteiger partial charge on any atom is -0.481 e. The first-order valence-electron chi connectivity index (χ1n) is 6.75. The van der Waals surface area contributed by atoms with Crippen molar-refractivity contribution in [2.24, 2.45) is 11.5 Å². The molecule has 0 bridgehead atoms. The van der Waals surface area contributed by atoms with Gasteiger partial charge in [-0.15, -0.1) is 0 Å². The van der Waals surface area contributed by atoms with Crippen LogP contribution in [0.1, 0.15) is 53.4 Å². The molecule has 1 aliphatic carbocycles. The number of allylic oxidation sites excluding steroid dienone is 2. The zero-order valence-corrected chi connectivity index (χ0v) is 14.9. The summed E-state index contributed by atoms with van der Waals surface area (Å²) in [5, 5.41) is 29.7. The fourth-order valence-corrected chi connectivity index (χ4v) is 0.952. The van der Waals surface area contributed by atoms with E-state index in [0.29, 0.717) is 0 Å². The first-order chi connectivity index (χ1) is 10.7. The molecule has 11 heteroatoms. The molecule has 0 aliphatic heterocycles. The molecule has 0 radical (unpaired) electrons. The molecular weight excluding hydrogens is 340 g/mol. The Hall–Kier alpha value is -2.82. The minimum atomic E-state index is -0.833. The lowest BCUT2D eigenvalue weighted by Gasteiger charge is -2.12. The summed E-state index contributed by atoms with van der Waals surface area (Å²) >= 11 is 0. The van der Waals surface area contributed by atoms with Crippen molar-refractivity contribution in [1.29, 1.82) is 0 Å². The highest BCUT2D eigenvalue weighted by Crippen LogP contribution is 2.16. The Morgan fingerprint density at radius 2 is 0.760 bits per heavy atom. The highest BCUT2D eigenvalue weighted by molar-refractivity contribution is 5.63. The maximum Gasteiger partial charge on any atom is 0.300 e. The summed E-state index contributed by atoms with van der Waals surface area (Å²) in [6, 6.07) is 0. The standard InChI is InChI=1S/C6H12N2.4C2H4O2.H2O/c7-5-3-1-2-4-6(5)8;4*1-2(3)4;/h1-4,7-8H2;4*1H3,(H,3,4);1H2. The number of nitrogens with two attached hydrogens (primary N) is 2. The Bertz CT molecular complexity index is 343. The van der Waals surface area contributed by atoms with Crippen molar-refractivity contribution in [3.63, 3.8) is 0 Å². The largest absolute Gasteiger partial charge is 0.481 e. The van der Waals surface area contributed by atoms with Crippen LogP contribution in [-0.4, -0.2) is 49.8 Å². The van der Waals surface area contributed by atoms with Crippen molar-refractivity contribution in [2.45, 2.75) is 53.4 Å². The summed E-state index contributed by atoms with van der Waals surface area (Å²) in [4.78, 5) is 36.0. The van der Waals surface area contributed by atoms with E-state index in [9.17, 15) is 0 Å². The molecular formula is C14H30N2O9. The molecule has 0 amide bonds. The maximum atomic E-state index is 9.00. The highest BCUT2D eigenvalue weighted by atomic mass is 16.4. The second-order valence-corrected chi connectivity index (χ2v) is 4.33. The van der Waals surface area contributed by atoms with E-state index in [0.717, 1.165) is 51.9 Å². The molecule has 0 aromatic carbocycles. The van der Waals surface area contributed by atoms with Crippen LogP contribution in [0.15, 0.2) is 11.4 Å². The summed E-state index contributed by atoms with van der Waals surface area (Å²) in [5.74, 6) is -3.33. The third kappa shape index (κ3) is 116. The molecule has 0 saturated heterocycles. The first kappa shape index (κ1) is 33.7. The molecule has 0 aromatic rings. The van der Waals surface area contributed by atoms with Crippen molar-refractivity contribution < 1.29 is 45.1 Å². The van der Waals surface area contributed by atoms with E-state index in [4.69, 9.17) is 51.1 Å². The van der Waals surface area contributed by atoms with Gasteiger partial charge in [0.2, 0.25) is 0 Å². The van der Waals surface area contributed by atoms with Gasteiger partial charge in [0, 0.05) is 39.1 Å². The van der Waals surface area contributed by atoms with Gasteiger partial charge in [-0.05, 0) is 25.7 Å². The molecule has 0 aromatic heterocycles. The normalized spacial score (nSPS) is 10.9. The summed E-state index contributed by atoms with van der Waals surface area (Å²) < 4.78 is 0. The van der Waals surface area contributed by atoms with Gasteiger partial charge in [0.25, 0.3) is 23.9 Å². The van der Waals surface area contributed by atoms with Crippen LogP contribution < -0.4 is 11.5 Å². The fraction of sp³-hybridized carbons (Fsp3) is 0.571. The van der Waals surface area contributed by atoms with E-state index >= 15 is 0 Å². The molecule has 1 rings (SSSR count). The van der Waals surface area contributed by atoms with E-state index in [-0.39, 0.29) is 5.48 Å². The van der Waals surface area contributed by atoms with Crippen molar-refractivity contribution >= 4 is 23.9 Å². The minimum absolute atomic E-state index is 0. The molecule has 1 aliphatic rings. The summed E-state index contributed by atoms with van der Waals surface area (Å²) in [5.41, 5.74) is 12.9. The Balaban J connectivity index is -0.0000000695. The van der Waals surface area contributed by atoms with Crippen molar-refractivity contribution in [2.75, 3.05) is 0 Å². The van der Waals surface area contributed by atoms with Crippen LogP contribution in [0.5, 0.6) is 0 Å². The molecule has 0 heterocycles. The molecule has 150 valence electrons. The Morgan fingerprint density at radius 1 is 0.640 bits per heavy atom. The fourth-order valence-electron chi connectivity index (χ4n) is 0.952. The van der Waals surface area contributed by atoms with Crippen molar-refractivity contribution in [3.8, 4) is 0 Å². The molecule has 0 spiro atoms. The van der Waals surface area contributed by atoms with Crippen LogP contribution in [0, 0.1) is 0 Å².